The molecule has 8 rings (SSSR count). The SMILES string of the molecule is O=C1c2oc3ccccc3c(=O)c2C2(C(=O)N(Cc3ccccc3)c3ccccc32)N1c1nnc(SCc2ccc(Cl)cc2)s1. The van der Waals surface area contributed by atoms with Crippen molar-refractivity contribution in [1.29, 1.82) is 0 Å². The van der Waals surface area contributed by atoms with Gasteiger partial charge in [0, 0.05) is 16.3 Å². The maximum atomic E-state index is 15.0. The molecular formula is C34H21ClN4O4S2. The van der Waals surface area contributed by atoms with E-state index in [1.807, 2.05) is 66.7 Å². The van der Waals surface area contributed by atoms with Crippen LogP contribution in [-0.4, -0.2) is 22.0 Å². The predicted octanol–water partition coefficient (Wildman–Crippen LogP) is 7.04. The molecule has 0 saturated heterocycles. The van der Waals surface area contributed by atoms with Crippen LogP contribution < -0.4 is 15.2 Å². The second-order valence-electron chi connectivity index (χ2n) is 10.6. The lowest BCUT2D eigenvalue weighted by Gasteiger charge is -2.32. The van der Waals surface area contributed by atoms with Gasteiger partial charge in [-0.3, -0.25) is 19.3 Å². The zero-order valence-electron chi connectivity index (χ0n) is 23.3. The van der Waals surface area contributed by atoms with Crippen molar-refractivity contribution in [2.75, 3.05) is 9.80 Å². The van der Waals surface area contributed by atoms with Crippen LogP contribution in [-0.2, 0) is 22.6 Å². The van der Waals surface area contributed by atoms with Crippen LogP contribution in [0.25, 0.3) is 11.0 Å². The van der Waals surface area contributed by atoms with Crippen LogP contribution in [0.3, 0.4) is 0 Å². The molecule has 0 radical (unpaired) electrons. The summed E-state index contributed by atoms with van der Waals surface area (Å²) in [6.07, 6.45) is 0. The second-order valence-corrected chi connectivity index (χ2v) is 13.3. The minimum atomic E-state index is -1.83. The van der Waals surface area contributed by atoms with E-state index in [2.05, 4.69) is 10.2 Å². The molecule has 11 heteroatoms. The van der Waals surface area contributed by atoms with Crippen LogP contribution in [0.2, 0.25) is 5.02 Å². The Hall–Kier alpha value is -4.77. The molecule has 0 aliphatic carbocycles. The minimum Gasteiger partial charge on any atom is -0.450 e. The monoisotopic (exact) mass is 648 g/mol. The highest BCUT2D eigenvalue weighted by Gasteiger charge is 2.66. The number of carbonyl (C=O) groups is 2. The van der Waals surface area contributed by atoms with Gasteiger partial charge in [0.1, 0.15) is 5.58 Å². The third-order valence-electron chi connectivity index (χ3n) is 8.08. The highest BCUT2D eigenvalue weighted by atomic mass is 35.5. The number of halogens is 1. The third-order valence-corrected chi connectivity index (χ3v) is 10.4. The Kier molecular flexibility index (Phi) is 6.59. The van der Waals surface area contributed by atoms with Gasteiger partial charge in [-0.25, -0.2) is 0 Å². The van der Waals surface area contributed by atoms with Crippen LogP contribution in [0.5, 0.6) is 0 Å². The van der Waals surface area contributed by atoms with Gasteiger partial charge in [-0.2, -0.15) is 0 Å². The molecular weight excluding hydrogens is 628 g/mol. The molecule has 1 atom stereocenters. The quantitative estimate of drug-likeness (QED) is 0.141. The largest absolute Gasteiger partial charge is 0.450 e. The fourth-order valence-corrected chi connectivity index (χ4v) is 8.08. The number of nitrogens with zero attached hydrogens (tertiary/aromatic N) is 4. The number of aromatic nitrogens is 2. The number of rotatable bonds is 6. The summed E-state index contributed by atoms with van der Waals surface area (Å²) in [5, 5.41) is 9.91. The van der Waals surface area contributed by atoms with E-state index in [0.29, 0.717) is 26.4 Å². The number of hydrogen-bond acceptors (Lipinski definition) is 8. The topological polar surface area (TPSA) is 96.6 Å². The summed E-state index contributed by atoms with van der Waals surface area (Å²) in [5.41, 5.74) is 1.04. The standard InChI is InChI=1S/C34H21ClN4O4S2/c35-22-16-14-21(15-17-22)19-44-33-37-36-32(45-33)39-30(41)29-27(28(40)23-10-4-7-13-26(23)43-29)34(39)24-11-5-6-12-25(24)38(31(34)42)18-20-8-2-1-3-9-20/h1-17H,18-19H2. The molecule has 2 aliphatic heterocycles. The lowest BCUT2D eigenvalue weighted by molar-refractivity contribution is -0.121. The Morgan fingerprint density at radius 3 is 2.38 bits per heavy atom. The first-order chi connectivity index (χ1) is 22.0. The Morgan fingerprint density at radius 1 is 0.822 bits per heavy atom. The molecule has 2 amide bonds. The van der Waals surface area contributed by atoms with Crippen LogP contribution in [0.4, 0.5) is 10.8 Å². The van der Waals surface area contributed by atoms with E-state index in [4.69, 9.17) is 16.0 Å². The fourth-order valence-electron chi connectivity index (χ4n) is 6.11. The number of amides is 2. The molecule has 0 fully saturated rings. The van der Waals surface area contributed by atoms with Gasteiger partial charge in [-0.05, 0) is 41.5 Å². The molecule has 0 N–H and O–H groups in total. The first-order valence-electron chi connectivity index (χ1n) is 14.0. The van der Waals surface area contributed by atoms with Crippen molar-refractivity contribution >= 4 is 68.3 Å². The average Bonchev–Trinajstić information content (AvgIpc) is 3.70. The summed E-state index contributed by atoms with van der Waals surface area (Å²) in [4.78, 5) is 46.8. The average molecular weight is 649 g/mol. The number of hydrogen-bond donors (Lipinski definition) is 0. The minimum absolute atomic E-state index is 0.00946. The van der Waals surface area contributed by atoms with E-state index in [1.165, 1.54) is 28.0 Å². The summed E-state index contributed by atoms with van der Waals surface area (Å²) in [6, 6.07) is 31.1. The predicted molar refractivity (Wildman–Crippen MR) is 175 cm³/mol. The number of thioether (sulfide) groups is 1. The third kappa shape index (κ3) is 4.24. The van der Waals surface area contributed by atoms with Crippen molar-refractivity contribution in [2.45, 2.75) is 22.2 Å². The van der Waals surface area contributed by atoms with E-state index in [1.54, 1.807) is 41.3 Å². The molecule has 2 aromatic heterocycles. The Balaban J connectivity index is 1.31. The zero-order valence-corrected chi connectivity index (χ0v) is 25.7. The van der Waals surface area contributed by atoms with Gasteiger partial charge in [-0.15, -0.1) is 10.2 Å². The van der Waals surface area contributed by atoms with Crippen molar-refractivity contribution in [3.8, 4) is 0 Å². The van der Waals surface area contributed by atoms with E-state index >= 15 is 4.79 Å². The molecule has 45 heavy (non-hydrogen) atoms. The first kappa shape index (κ1) is 27.8. The molecule has 6 aromatic rings. The van der Waals surface area contributed by atoms with Gasteiger partial charge in [0.15, 0.2) is 15.3 Å². The maximum Gasteiger partial charge on any atom is 0.297 e. The molecule has 0 bridgehead atoms. The van der Waals surface area contributed by atoms with Gasteiger partial charge in [0.2, 0.25) is 10.9 Å². The van der Waals surface area contributed by atoms with Gasteiger partial charge >= 0.3 is 0 Å². The highest BCUT2D eigenvalue weighted by molar-refractivity contribution is 8.00. The smallest absolute Gasteiger partial charge is 0.297 e. The maximum absolute atomic E-state index is 15.0. The van der Waals surface area contributed by atoms with E-state index in [0.717, 1.165) is 11.1 Å². The molecule has 220 valence electrons. The molecule has 1 unspecified atom stereocenters. The lowest BCUT2D eigenvalue weighted by atomic mass is 9.84. The summed E-state index contributed by atoms with van der Waals surface area (Å²) >= 11 is 8.68. The van der Waals surface area contributed by atoms with Crippen molar-refractivity contribution in [3.05, 3.63) is 146 Å². The molecule has 4 heterocycles. The van der Waals surface area contributed by atoms with Crippen molar-refractivity contribution in [2.24, 2.45) is 0 Å². The van der Waals surface area contributed by atoms with Gasteiger partial charge in [0.25, 0.3) is 11.8 Å². The number of benzene rings is 4. The van der Waals surface area contributed by atoms with E-state index in [-0.39, 0.29) is 34.0 Å². The second kappa shape index (κ2) is 10.7. The van der Waals surface area contributed by atoms with Crippen molar-refractivity contribution in [3.63, 3.8) is 0 Å². The van der Waals surface area contributed by atoms with Gasteiger partial charge in [-0.1, -0.05) is 107 Å². The molecule has 0 saturated carbocycles. The van der Waals surface area contributed by atoms with Crippen molar-refractivity contribution < 1.29 is 14.0 Å². The van der Waals surface area contributed by atoms with E-state index in [9.17, 15) is 9.59 Å². The highest BCUT2D eigenvalue weighted by Crippen LogP contribution is 2.55. The van der Waals surface area contributed by atoms with E-state index < -0.39 is 22.8 Å². The summed E-state index contributed by atoms with van der Waals surface area (Å²) in [7, 11) is 0. The summed E-state index contributed by atoms with van der Waals surface area (Å²) in [5.74, 6) is -0.631. The van der Waals surface area contributed by atoms with Crippen LogP contribution in [0.15, 0.2) is 117 Å². The van der Waals surface area contributed by atoms with Gasteiger partial charge in [0.05, 0.1) is 23.2 Å². The number of para-hydroxylation sites is 2. The van der Waals surface area contributed by atoms with Gasteiger partial charge < -0.3 is 9.32 Å². The lowest BCUT2D eigenvalue weighted by Crippen LogP contribution is -2.53. The summed E-state index contributed by atoms with van der Waals surface area (Å²) in [6.45, 7) is 0.243. The number of anilines is 2. The Bertz CT molecular complexity index is 2200. The van der Waals surface area contributed by atoms with Crippen LogP contribution >= 0.6 is 34.7 Å². The van der Waals surface area contributed by atoms with Crippen molar-refractivity contribution in [1.82, 2.24) is 10.2 Å². The molecule has 1 spiro atoms. The fraction of sp³-hybridized carbons (Fsp3) is 0.0882. The number of carbonyl (C=O) groups excluding carboxylic acids is 2. The summed E-state index contributed by atoms with van der Waals surface area (Å²) < 4.78 is 6.75. The first-order valence-corrected chi connectivity index (χ1v) is 16.2. The zero-order chi connectivity index (χ0) is 30.7. The van der Waals surface area contributed by atoms with Crippen LogP contribution in [0, 0.1) is 0 Å². The molecule has 4 aromatic carbocycles. The molecule has 2 aliphatic rings. The number of fused-ring (bicyclic) bond motifs is 5. The Morgan fingerprint density at radius 2 is 1.56 bits per heavy atom. The normalized spacial score (nSPS) is 17.0. The van der Waals surface area contributed by atoms with Crippen LogP contribution in [0.1, 0.15) is 32.8 Å². The Labute approximate surface area is 269 Å². The molecule has 8 nitrogen and oxygen atoms in total.